The maximum absolute atomic E-state index is 11.8. The summed E-state index contributed by atoms with van der Waals surface area (Å²) in [7, 11) is 0. The first-order chi connectivity index (χ1) is 10.1. The fourth-order valence-corrected chi connectivity index (χ4v) is 1.73. The highest BCUT2D eigenvalue weighted by atomic mass is 16.6. The second-order valence-electron chi connectivity index (χ2n) is 4.25. The van der Waals surface area contributed by atoms with Crippen molar-refractivity contribution in [2.24, 2.45) is 0 Å². The van der Waals surface area contributed by atoms with Gasteiger partial charge in [-0.3, -0.25) is 20.0 Å². The van der Waals surface area contributed by atoms with Gasteiger partial charge in [0, 0.05) is 24.6 Å². The third-order valence-corrected chi connectivity index (χ3v) is 2.78. The van der Waals surface area contributed by atoms with Gasteiger partial charge in [-0.15, -0.1) is 0 Å². The van der Waals surface area contributed by atoms with E-state index >= 15 is 0 Å². The van der Waals surface area contributed by atoms with Crippen LogP contribution in [0.5, 0.6) is 5.75 Å². The third-order valence-electron chi connectivity index (χ3n) is 2.78. The molecule has 0 fully saturated rings. The van der Waals surface area contributed by atoms with Crippen LogP contribution in [0.2, 0.25) is 0 Å². The van der Waals surface area contributed by atoms with Crippen LogP contribution < -0.4 is 5.32 Å². The number of rotatable bonds is 6. The molecule has 0 bridgehead atoms. The molecule has 0 spiro atoms. The lowest BCUT2D eigenvalue weighted by atomic mass is 10.1. The molecule has 9 nitrogen and oxygen atoms in total. The van der Waals surface area contributed by atoms with Gasteiger partial charge in [-0.05, 0) is 18.6 Å². The number of carbonyl (C=O) groups is 1. The first kappa shape index (κ1) is 14.4. The van der Waals surface area contributed by atoms with E-state index in [4.69, 9.17) is 0 Å². The van der Waals surface area contributed by atoms with Gasteiger partial charge in [0.05, 0.1) is 4.92 Å². The third kappa shape index (κ3) is 3.75. The fourth-order valence-electron chi connectivity index (χ4n) is 1.73. The minimum absolute atomic E-state index is 0.165. The van der Waals surface area contributed by atoms with Crippen LogP contribution in [0.15, 0.2) is 24.5 Å². The molecule has 21 heavy (non-hydrogen) atoms. The quantitative estimate of drug-likeness (QED) is 0.409. The molecule has 110 valence electrons. The van der Waals surface area contributed by atoms with E-state index in [-0.39, 0.29) is 5.56 Å². The monoisotopic (exact) mass is 291 g/mol. The number of nitro groups is 1. The largest absolute Gasteiger partial charge is 0.502 e. The maximum atomic E-state index is 11.8. The van der Waals surface area contributed by atoms with Crippen molar-refractivity contribution in [3.63, 3.8) is 0 Å². The van der Waals surface area contributed by atoms with E-state index in [1.165, 1.54) is 12.4 Å². The van der Waals surface area contributed by atoms with Crippen LogP contribution in [0.25, 0.3) is 0 Å². The Morgan fingerprint density at radius 2 is 2.29 bits per heavy atom. The molecule has 9 heteroatoms. The molecule has 2 rings (SSSR count). The lowest BCUT2D eigenvalue weighted by Gasteiger charge is -2.05. The molecule has 0 aliphatic heterocycles. The normalized spacial score (nSPS) is 10.3. The second-order valence-corrected chi connectivity index (χ2v) is 4.25. The number of hydrogen-bond acceptors (Lipinski definition) is 6. The van der Waals surface area contributed by atoms with Crippen molar-refractivity contribution in [1.82, 2.24) is 20.5 Å². The van der Waals surface area contributed by atoms with E-state index in [9.17, 15) is 20.0 Å². The summed E-state index contributed by atoms with van der Waals surface area (Å²) in [5.74, 6) is -0.204. The Balaban J connectivity index is 1.85. The van der Waals surface area contributed by atoms with Crippen LogP contribution in [-0.4, -0.2) is 37.7 Å². The van der Waals surface area contributed by atoms with Crippen LogP contribution in [-0.2, 0) is 6.42 Å². The molecular formula is C12H13N5O4. The minimum atomic E-state index is -0.714. The van der Waals surface area contributed by atoms with Crippen LogP contribution in [0, 0.1) is 10.1 Å². The molecule has 0 aliphatic rings. The molecule has 3 N–H and O–H groups in total. The summed E-state index contributed by atoms with van der Waals surface area (Å²) in [5.41, 5.74) is -0.269. The number of H-pyrrole nitrogens is 1. The second kappa shape index (κ2) is 6.46. The fraction of sp³-hybridized carbons (Fsp3) is 0.250. The van der Waals surface area contributed by atoms with Crippen molar-refractivity contribution < 1.29 is 14.8 Å². The average molecular weight is 291 g/mol. The molecule has 2 aromatic rings. The van der Waals surface area contributed by atoms with Crippen LogP contribution in [0.4, 0.5) is 5.69 Å². The predicted molar refractivity (Wildman–Crippen MR) is 71.8 cm³/mol. The van der Waals surface area contributed by atoms with E-state index in [1.54, 1.807) is 0 Å². The zero-order valence-electron chi connectivity index (χ0n) is 10.9. The Morgan fingerprint density at radius 1 is 1.48 bits per heavy atom. The number of nitrogens with zero attached hydrogens (tertiary/aromatic N) is 3. The zero-order chi connectivity index (χ0) is 15.2. The molecule has 0 radical (unpaired) electrons. The van der Waals surface area contributed by atoms with E-state index < -0.39 is 22.3 Å². The molecule has 1 aromatic heterocycles. The summed E-state index contributed by atoms with van der Waals surface area (Å²) in [5, 5.41) is 29.1. The van der Waals surface area contributed by atoms with Gasteiger partial charge < -0.3 is 10.4 Å². The van der Waals surface area contributed by atoms with E-state index in [0.717, 1.165) is 18.0 Å². The SMILES string of the molecule is O=C(NCCCc1ncn[nH]1)c1ccc([N+](=O)[O-])c(O)c1. The standard InChI is InChI=1S/C12H13N5O4/c18-10-6-8(3-4-9(10)17(20)21)12(19)13-5-1-2-11-14-7-15-16-11/h3-4,6-7,18H,1-2,5H2,(H,13,19)(H,14,15,16). The van der Waals surface area contributed by atoms with Crippen molar-refractivity contribution in [3.05, 3.63) is 46.0 Å². The topological polar surface area (TPSA) is 134 Å². The number of phenols is 1. The average Bonchev–Trinajstić information content (AvgIpc) is 2.96. The number of nitro benzene ring substituents is 1. The van der Waals surface area contributed by atoms with Crippen molar-refractivity contribution >= 4 is 11.6 Å². The number of carbonyl (C=O) groups excluding carboxylic acids is 1. The maximum Gasteiger partial charge on any atom is 0.310 e. The van der Waals surface area contributed by atoms with Crippen molar-refractivity contribution in [2.75, 3.05) is 6.54 Å². The lowest BCUT2D eigenvalue weighted by molar-refractivity contribution is -0.385. The van der Waals surface area contributed by atoms with Gasteiger partial charge >= 0.3 is 5.69 Å². The van der Waals surface area contributed by atoms with Gasteiger partial charge in [0.2, 0.25) is 0 Å². The van der Waals surface area contributed by atoms with E-state index in [0.29, 0.717) is 19.4 Å². The predicted octanol–water partition coefficient (Wildman–Crippen LogP) is 0.781. The Bertz CT molecular complexity index is 641. The number of nitrogens with one attached hydrogen (secondary N) is 2. The summed E-state index contributed by atoms with van der Waals surface area (Å²) >= 11 is 0. The number of aromatic hydroxyl groups is 1. The van der Waals surface area contributed by atoms with Crippen LogP contribution >= 0.6 is 0 Å². The lowest BCUT2D eigenvalue weighted by Crippen LogP contribution is -2.24. The van der Waals surface area contributed by atoms with Gasteiger partial charge in [0.15, 0.2) is 5.75 Å². The highest BCUT2D eigenvalue weighted by Gasteiger charge is 2.15. The Labute approximate surface area is 119 Å². The number of phenolic OH excluding ortho intramolecular Hbond substituents is 1. The van der Waals surface area contributed by atoms with Crippen molar-refractivity contribution in [2.45, 2.75) is 12.8 Å². The van der Waals surface area contributed by atoms with Gasteiger partial charge in [-0.25, -0.2) is 4.98 Å². The Kier molecular flexibility index (Phi) is 4.44. The van der Waals surface area contributed by atoms with Gasteiger partial charge in [0.1, 0.15) is 12.2 Å². The van der Waals surface area contributed by atoms with Crippen molar-refractivity contribution in [3.8, 4) is 5.75 Å². The summed E-state index contributed by atoms with van der Waals surface area (Å²) in [6, 6.07) is 3.46. The number of aromatic amines is 1. The highest BCUT2D eigenvalue weighted by molar-refractivity contribution is 5.95. The molecule has 0 saturated heterocycles. The first-order valence-electron chi connectivity index (χ1n) is 6.18. The molecule has 1 aromatic carbocycles. The van der Waals surface area contributed by atoms with E-state index in [1.807, 2.05) is 0 Å². The summed E-state index contributed by atoms with van der Waals surface area (Å²) in [4.78, 5) is 25.6. The summed E-state index contributed by atoms with van der Waals surface area (Å²) < 4.78 is 0. The van der Waals surface area contributed by atoms with Crippen LogP contribution in [0.3, 0.4) is 0 Å². The molecule has 1 amide bonds. The highest BCUT2D eigenvalue weighted by Crippen LogP contribution is 2.26. The molecule has 0 unspecified atom stereocenters. The molecule has 0 atom stereocenters. The van der Waals surface area contributed by atoms with Gasteiger partial charge in [0.25, 0.3) is 5.91 Å². The Hall–Kier alpha value is -2.97. The number of aryl methyl sites for hydroxylation is 1. The van der Waals surface area contributed by atoms with Crippen LogP contribution in [0.1, 0.15) is 22.6 Å². The Morgan fingerprint density at radius 3 is 2.90 bits per heavy atom. The number of aromatic nitrogens is 3. The molecular weight excluding hydrogens is 278 g/mol. The molecule has 0 saturated carbocycles. The number of benzene rings is 1. The number of amides is 1. The molecule has 1 heterocycles. The van der Waals surface area contributed by atoms with Crippen molar-refractivity contribution in [1.29, 1.82) is 0 Å². The summed E-state index contributed by atoms with van der Waals surface area (Å²) in [6.45, 7) is 0.414. The zero-order valence-corrected chi connectivity index (χ0v) is 10.9. The number of hydrogen-bond donors (Lipinski definition) is 3. The smallest absolute Gasteiger partial charge is 0.310 e. The minimum Gasteiger partial charge on any atom is -0.502 e. The van der Waals surface area contributed by atoms with E-state index in [2.05, 4.69) is 20.5 Å². The summed E-state index contributed by atoms with van der Waals surface area (Å²) in [6.07, 6.45) is 2.72. The van der Waals surface area contributed by atoms with Gasteiger partial charge in [-0.1, -0.05) is 0 Å². The molecule has 0 aliphatic carbocycles. The first-order valence-corrected chi connectivity index (χ1v) is 6.18. The van der Waals surface area contributed by atoms with Gasteiger partial charge in [-0.2, -0.15) is 5.10 Å².